The molecule has 0 amide bonds. The van der Waals surface area contributed by atoms with Crippen LogP contribution in [-0.4, -0.2) is 9.38 Å². The van der Waals surface area contributed by atoms with Crippen LogP contribution in [0.3, 0.4) is 0 Å². The van der Waals surface area contributed by atoms with Crippen LogP contribution in [0.15, 0.2) is 165 Å². The van der Waals surface area contributed by atoms with Crippen LogP contribution in [0.4, 0.5) is 0 Å². The summed E-state index contributed by atoms with van der Waals surface area (Å²) in [7, 11) is 0. The number of hydrogen-bond donors (Lipinski definition) is 0. The number of aryl methyl sites for hydroxylation is 1. The van der Waals surface area contributed by atoms with Gasteiger partial charge in [0.25, 0.3) is 0 Å². The second kappa shape index (κ2) is 10.9. The Morgan fingerprint density at radius 1 is 0.562 bits per heavy atom. The van der Waals surface area contributed by atoms with E-state index in [4.69, 9.17) is 4.98 Å². The zero-order valence-corrected chi connectivity index (χ0v) is 26.7. The fourth-order valence-electron chi connectivity index (χ4n) is 7.83. The highest BCUT2D eigenvalue weighted by atomic mass is 15.0. The lowest BCUT2D eigenvalue weighted by Gasteiger charge is -2.20. The van der Waals surface area contributed by atoms with Gasteiger partial charge in [-0.25, -0.2) is 4.98 Å². The van der Waals surface area contributed by atoms with Gasteiger partial charge in [-0.2, -0.15) is 0 Å². The normalized spacial score (nSPS) is 12.1. The van der Waals surface area contributed by atoms with Gasteiger partial charge >= 0.3 is 0 Å². The molecule has 0 fully saturated rings. The van der Waals surface area contributed by atoms with Crippen molar-refractivity contribution in [3.8, 4) is 55.6 Å². The number of benzene rings is 6. The molecule has 0 radical (unpaired) electrons. The van der Waals surface area contributed by atoms with E-state index in [9.17, 15) is 0 Å². The fourth-order valence-corrected chi connectivity index (χ4v) is 7.83. The molecule has 48 heavy (non-hydrogen) atoms. The molecule has 9 rings (SSSR count). The van der Waals surface area contributed by atoms with E-state index in [2.05, 4.69) is 158 Å². The van der Waals surface area contributed by atoms with Crippen LogP contribution < -0.4 is 0 Å². The molecule has 6 aromatic carbocycles. The minimum Gasteiger partial charge on any atom is -0.303 e. The third-order valence-corrected chi connectivity index (χ3v) is 9.88. The first-order valence-electron chi connectivity index (χ1n) is 16.4. The number of aromatic nitrogens is 2. The number of fused-ring (bicyclic) bond motifs is 5. The zero-order valence-electron chi connectivity index (χ0n) is 26.7. The molecular formula is C46H32N2. The zero-order chi connectivity index (χ0) is 32.4. The Balaban J connectivity index is 1.35. The lowest BCUT2D eigenvalue weighted by Crippen LogP contribution is -1.93. The smallest absolute Gasteiger partial charge is 0.137 e. The van der Waals surface area contributed by atoms with E-state index in [1.54, 1.807) is 6.08 Å². The Kier molecular flexibility index (Phi) is 6.38. The summed E-state index contributed by atoms with van der Waals surface area (Å²) in [6.07, 6.45) is 7.81. The molecule has 0 N–H and O–H groups in total. The van der Waals surface area contributed by atoms with Crippen molar-refractivity contribution in [2.45, 2.75) is 6.92 Å². The molecule has 0 bridgehead atoms. The van der Waals surface area contributed by atoms with Crippen LogP contribution in [0.5, 0.6) is 0 Å². The van der Waals surface area contributed by atoms with Crippen LogP contribution in [0, 0.1) is 6.92 Å². The Morgan fingerprint density at radius 2 is 1.15 bits per heavy atom. The highest BCUT2D eigenvalue weighted by Gasteiger charge is 2.31. The van der Waals surface area contributed by atoms with Gasteiger partial charge in [0, 0.05) is 17.5 Å². The van der Waals surface area contributed by atoms with Gasteiger partial charge in [-0.05, 0) is 96.2 Å². The molecule has 2 nitrogen and oxygen atoms in total. The van der Waals surface area contributed by atoms with Crippen LogP contribution in [0.25, 0.3) is 88.4 Å². The van der Waals surface area contributed by atoms with E-state index in [0.29, 0.717) is 0 Å². The first-order valence-corrected chi connectivity index (χ1v) is 16.4. The van der Waals surface area contributed by atoms with Crippen molar-refractivity contribution >= 4 is 32.8 Å². The third-order valence-electron chi connectivity index (χ3n) is 9.88. The van der Waals surface area contributed by atoms with Crippen molar-refractivity contribution in [2.75, 3.05) is 0 Å². The predicted octanol–water partition coefficient (Wildman–Crippen LogP) is 12.4. The van der Waals surface area contributed by atoms with Crippen molar-refractivity contribution in [1.29, 1.82) is 0 Å². The van der Waals surface area contributed by atoms with Gasteiger partial charge in [-0.15, -0.1) is 0 Å². The van der Waals surface area contributed by atoms with Crippen LogP contribution in [-0.2, 0) is 0 Å². The SMILES string of the molecule is C=C/C=C(\C=C)c1nc2ccc(-c3ccc4c5c(cccc35)-c3c-4c(-c4ccccc4)c4ccccc4c3-c3ccccc3)cn2c1C. The van der Waals surface area contributed by atoms with Gasteiger partial charge in [-0.1, -0.05) is 147 Å². The van der Waals surface area contributed by atoms with Crippen molar-refractivity contribution in [1.82, 2.24) is 9.38 Å². The van der Waals surface area contributed by atoms with Gasteiger partial charge in [0.15, 0.2) is 0 Å². The van der Waals surface area contributed by atoms with E-state index in [0.717, 1.165) is 28.2 Å². The molecule has 0 saturated heterocycles. The average molecular weight is 613 g/mol. The number of allylic oxidation sites excluding steroid dienone is 4. The van der Waals surface area contributed by atoms with Crippen molar-refractivity contribution in [3.63, 3.8) is 0 Å². The largest absolute Gasteiger partial charge is 0.303 e. The monoisotopic (exact) mass is 612 g/mol. The van der Waals surface area contributed by atoms with Gasteiger partial charge in [0.05, 0.1) is 5.69 Å². The van der Waals surface area contributed by atoms with E-state index >= 15 is 0 Å². The summed E-state index contributed by atoms with van der Waals surface area (Å²) < 4.78 is 2.19. The molecule has 2 heterocycles. The lowest BCUT2D eigenvalue weighted by atomic mass is 9.82. The van der Waals surface area contributed by atoms with Crippen LogP contribution >= 0.6 is 0 Å². The standard InChI is InChI=1S/C46H32N2/c1-4-15-30(5-2)46-29(3)48-28-33(24-27-40(48)47-46)34-25-26-39-43-35(34)22-14-23-38(43)44-41(31-16-8-6-9-17-31)36-20-12-13-21-37(36)42(45(39)44)32-18-10-7-11-19-32/h4-28H,1-2H2,3H3/b30-15+. The molecule has 1 aliphatic rings. The molecule has 226 valence electrons. The molecule has 2 heteroatoms. The summed E-state index contributed by atoms with van der Waals surface area (Å²) in [6, 6.07) is 46.5. The summed E-state index contributed by atoms with van der Waals surface area (Å²) in [5, 5.41) is 5.10. The maximum absolute atomic E-state index is 4.94. The quantitative estimate of drug-likeness (QED) is 0.171. The molecule has 0 aliphatic heterocycles. The summed E-state index contributed by atoms with van der Waals surface area (Å²) in [6.45, 7) is 10.0. The van der Waals surface area contributed by atoms with Gasteiger partial charge in [-0.3, -0.25) is 0 Å². The van der Waals surface area contributed by atoms with E-state index in [1.807, 2.05) is 12.2 Å². The molecule has 0 unspecified atom stereocenters. The summed E-state index contributed by atoms with van der Waals surface area (Å²) in [4.78, 5) is 4.94. The van der Waals surface area contributed by atoms with Gasteiger partial charge in [0.2, 0.25) is 0 Å². The second-order valence-electron chi connectivity index (χ2n) is 12.4. The maximum atomic E-state index is 4.94. The molecule has 1 aliphatic carbocycles. The number of nitrogens with zero attached hydrogens (tertiary/aromatic N) is 2. The lowest BCUT2D eigenvalue weighted by molar-refractivity contribution is 1.11. The molecule has 8 aromatic rings. The number of rotatable bonds is 6. The third kappa shape index (κ3) is 4.03. The Morgan fingerprint density at radius 3 is 1.77 bits per heavy atom. The number of pyridine rings is 1. The average Bonchev–Trinajstić information content (AvgIpc) is 3.65. The first kappa shape index (κ1) is 28.0. The van der Waals surface area contributed by atoms with Gasteiger partial charge in [0.1, 0.15) is 5.65 Å². The topological polar surface area (TPSA) is 17.3 Å². The molecule has 0 spiro atoms. The van der Waals surface area contributed by atoms with E-state index in [1.165, 1.54) is 71.6 Å². The van der Waals surface area contributed by atoms with Crippen LogP contribution in [0.1, 0.15) is 11.4 Å². The Bertz CT molecular complexity index is 2540. The molecular weight excluding hydrogens is 581 g/mol. The highest BCUT2D eigenvalue weighted by molar-refractivity contribution is 6.28. The summed E-state index contributed by atoms with van der Waals surface area (Å²) in [5.41, 5.74) is 16.5. The second-order valence-corrected chi connectivity index (χ2v) is 12.4. The minimum atomic E-state index is 0.910. The summed E-state index contributed by atoms with van der Waals surface area (Å²) >= 11 is 0. The Hall–Kier alpha value is -6.25. The summed E-state index contributed by atoms with van der Waals surface area (Å²) in [5.74, 6) is 0. The van der Waals surface area contributed by atoms with Crippen molar-refractivity contribution in [2.24, 2.45) is 0 Å². The fraction of sp³-hybridized carbons (Fsp3) is 0.0217. The van der Waals surface area contributed by atoms with Crippen molar-refractivity contribution in [3.05, 3.63) is 176 Å². The minimum absolute atomic E-state index is 0.910. The van der Waals surface area contributed by atoms with E-state index in [-0.39, 0.29) is 0 Å². The predicted molar refractivity (Wildman–Crippen MR) is 204 cm³/mol. The van der Waals surface area contributed by atoms with E-state index < -0.39 is 0 Å². The molecule has 0 atom stereocenters. The van der Waals surface area contributed by atoms with Crippen LogP contribution in [0.2, 0.25) is 0 Å². The Labute approximate surface area is 280 Å². The van der Waals surface area contributed by atoms with Gasteiger partial charge < -0.3 is 4.40 Å². The molecule has 2 aromatic heterocycles. The number of hydrogen-bond acceptors (Lipinski definition) is 1. The number of imidazole rings is 1. The maximum Gasteiger partial charge on any atom is 0.137 e. The molecule has 0 saturated carbocycles. The van der Waals surface area contributed by atoms with Crippen molar-refractivity contribution < 1.29 is 0 Å². The highest BCUT2D eigenvalue weighted by Crippen LogP contribution is 2.58. The first-order chi connectivity index (χ1) is 23.7.